The summed E-state index contributed by atoms with van der Waals surface area (Å²) < 4.78 is 5.94. The number of rotatable bonds is 7. The molecule has 22 heavy (non-hydrogen) atoms. The van der Waals surface area contributed by atoms with Crippen molar-refractivity contribution in [2.75, 3.05) is 6.61 Å². The van der Waals surface area contributed by atoms with Crippen molar-refractivity contribution in [2.45, 2.75) is 58.2 Å². The molecule has 2 N–H and O–H groups in total. The third-order valence-electron chi connectivity index (χ3n) is 4.69. The van der Waals surface area contributed by atoms with Crippen LogP contribution in [0, 0.1) is 5.92 Å². The van der Waals surface area contributed by atoms with E-state index in [2.05, 4.69) is 19.2 Å². The normalized spacial score (nSPS) is 22.0. The van der Waals surface area contributed by atoms with Crippen LogP contribution in [0.3, 0.4) is 0 Å². The Morgan fingerprint density at radius 2 is 2.00 bits per heavy atom. The maximum Gasteiger partial charge on any atom is 0.335 e. The van der Waals surface area contributed by atoms with Crippen molar-refractivity contribution in [3.63, 3.8) is 0 Å². The van der Waals surface area contributed by atoms with Crippen molar-refractivity contribution in [2.24, 2.45) is 5.92 Å². The fraction of sp³-hybridized carbons (Fsp3) is 0.611. The summed E-state index contributed by atoms with van der Waals surface area (Å²) in [4.78, 5) is 10.8. The molecule has 122 valence electrons. The molecular formula is C18H27NO3. The smallest absolute Gasteiger partial charge is 0.335 e. The SMILES string of the molecule is CCC(CC)C1CC(NCc2ccc(C(=O)O)cc2)CCO1. The first-order chi connectivity index (χ1) is 10.6. The zero-order valence-corrected chi connectivity index (χ0v) is 13.5. The van der Waals surface area contributed by atoms with Crippen LogP contribution in [-0.2, 0) is 11.3 Å². The number of carboxylic acid groups (broad SMARTS) is 1. The summed E-state index contributed by atoms with van der Waals surface area (Å²) in [5, 5.41) is 12.5. The Kier molecular flexibility index (Phi) is 6.40. The summed E-state index contributed by atoms with van der Waals surface area (Å²) in [6.45, 7) is 6.08. The lowest BCUT2D eigenvalue weighted by atomic mass is 9.89. The Morgan fingerprint density at radius 3 is 2.59 bits per heavy atom. The largest absolute Gasteiger partial charge is 0.478 e. The van der Waals surface area contributed by atoms with Crippen molar-refractivity contribution in [1.29, 1.82) is 0 Å². The molecule has 1 heterocycles. The predicted octanol–water partition coefficient (Wildman–Crippen LogP) is 3.46. The van der Waals surface area contributed by atoms with Crippen LogP contribution < -0.4 is 5.32 Å². The molecular weight excluding hydrogens is 278 g/mol. The lowest BCUT2D eigenvalue weighted by Crippen LogP contribution is -2.41. The highest BCUT2D eigenvalue weighted by molar-refractivity contribution is 5.87. The van der Waals surface area contributed by atoms with E-state index in [9.17, 15) is 4.79 Å². The van der Waals surface area contributed by atoms with Crippen LogP contribution in [0.4, 0.5) is 0 Å². The molecule has 1 aliphatic heterocycles. The van der Waals surface area contributed by atoms with Gasteiger partial charge in [-0.25, -0.2) is 4.79 Å². The number of hydrogen-bond donors (Lipinski definition) is 2. The molecule has 1 aromatic carbocycles. The van der Waals surface area contributed by atoms with Crippen molar-refractivity contribution in [3.05, 3.63) is 35.4 Å². The van der Waals surface area contributed by atoms with E-state index in [1.807, 2.05) is 12.1 Å². The van der Waals surface area contributed by atoms with Gasteiger partial charge >= 0.3 is 5.97 Å². The number of ether oxygens (including phenoxy) is 1. The van der Waals surface area contributed by atoms with Crippen LogP contribution in [0.5, 0.6) is 0 Å². The molecule has 0 spiro atoms. The third kappa shape index (κ3) is 4.55. The fourth-order valence-corrected chi connectivity index (χ4v) is 3.18. The van der Waals surface area contributed by atoms with Gasteiger partial charge in [-0.1, -0.05) is 38.8 Å². The van der Waals surface area contributed by atoms with Gasteiger partial charge in [0.15, 0.2) is 0 Å². The van der Waals surface area contributed by atoms with E-state index in [0.29, 0.717) is 23.6 Å². The van der Waals surface area contributed by atoms with Gasteiger partial charge in [0, 0.05) is 19.2 Å². The van der Waals surface area contributed by atoms with Crippen molar-refractivity contribution >= 4 is 5.97 Å². The molecule has 0 aromatic heterocycles. The second-order valence-corrected chi connectivity index (χ2v) is 6.09. The van der Waals surface area contributed by atoms with Gasteiger partial charge in [0.1, 0.15) is 0 Å². The van der Waals surface area contributed by atoms with Crippen LogP contribution in [0.2, 0.25) is 0 Å². The Bertz CT molecular complexity index is 468. The fourth-order valence-electron chi connectivity index (χ4n) is 3.18. The number of aromatic carboxylic acids is 1. The lowest BCUT2D eigenvalue weighted by molar-refractivity contribution is -0.0350. The molecule has 0 amide bonds. The van der Waals surface area contributed by atoms with Gasteiger partial charge < -0.3 is 15.2 Å². The Balaban J connectivity index is 1.84. The second-order valence-electron chi connectivity index (χ2n) is 6.09. The van der Waals surface area contributed by atoms with Gasteiger partial charge in [0.25, 0.3) is 0 Å². The molecule has 4 nitrogen and oxygen atoms in total. The number of benzene rings is 1. The first-order valence-corrected chi connectivity index (χ1v) is 8.31. The maximum absolute atomic E-state index is 10.8. The quantitative estimate of drug-likeness (QED) is 0.810. The maximum atomic E-state index is 10.8. The molecule has 2 unspecified atom stereocenters. The molecule has 4 heteroatoms. The van der Waals surface area contributed by atoms with Crippen LogP contribution >= 0.6 is 0 Å². The van der Waals surface area contributed by atoms with Gasteiger partial charge in [-0.3, -0.25) is 0 Å². The molecule has 1 fully saturated rings. The summed E-state index contributed by atoms with van der Waals surface area (Å²) in [6, 6.07) is 7.58. The van der Waals surface area contributed by atoms with E-state index in [1.54, 1.807) is 12.1 Å². The van der Waals surface area contributed by atoms with Gasteiger partial charge in [0.2, 0.25) is 0 Å². The third-order valence-corrected chi connectivity index (χ3v) is 4.69. The van der Waals surface area contributed by atoms with Crippen LogP contribution in [0.15, 0.2) is 24.3 Å². The summed E-state index contributed by atoms with van der Waals surface area (Å²) >= 11 is 0. The second kappa shape index (κ2) is 8.30. The highest BCUT2D eigenvalue weighted by atomic mass is 16.5. The first kappa shape index (κ1) is 17.0. The molecule has 0 bridgehead atoms. The van der Waals surface area contributed by atoms with E-state index >= 15 is 0 Å². The summed E-state index contributed by atoms with van der Waals surface area (Å²) in [5.74, 6) is -0.226. The standard InChI is InChI=1S/C18H27NO3/c1-3-14(4-2)17-11-16(9-10-22-17)19-12-13-5-7-15(8-6-13)18(20)21/h5-8,14,16-17,19H,3-4,9-12H2,1-2H3,(H,20,21). The molecule has 2 rings (SSSR count). The average Bonchev–Trinajstić information content (AvgIpc) is 2.55. The topological polar surface area (TPSA) is 58.6 Å². The summed E-state index contributed by atoms with van der Waals surface area (Å²) in [7, 11) is 0. The molecule has 1 aromatic rings. The zero-order valence-electron chi connectivity index (χ0n) is 13.5. The van der Waals surface area contributed by atoms with Gasteiger partial charge in [-0.05, 0) is 36.5 Å². The number of carbonyl (C=O) groups is 1. The summed E-state index contributed by atoms with van der Waals surface area (Å²) in [5.41, 5.74) is 1.46. The Hall–Kier alpha value is -1.39. The minimum atomic E-state index is -0.878. The van der Waals surface area contributed by atoms with E-state index in [1.165, 1.54) is 12.8 Å². The Labute approximate surface area is 132 Å². The molecule has 1 saturated heterocycles. The minimum Gasteiger partial charge on any atom is -0.478 e. The van der Waals surface area contributed by atoms with Gasteiger partial charge in [0.05, 0.1) is 11.7 Å². The van der Waals surface area contributed by atoms with Crippen LogP contribution in [0.25, 0.3) is 0 Å². The molecule has 0 saturated carbocycles. The zero-order chi connectivity index (χ0) is 15.9. The molecule has 0 aliphatic carbocycles. The predicted molar refractivity (Wildman–Crippen MR) is 87.1 cm³/mol. The van der Waals surface area contributed by atoms with E-state index in [-0.39, 0.29) is 0 Å². The first-order valence-electron chi connectivity index (χ1n) is 8.31. The molecule has 2 atom stereocenters. The van der Waals surface area contributed by atoms with Gasteiger partial charge in [-0.15, -0.1) is 0 Å². The number of hydrogen-bond acceptors (Lipinski definition) is 3. The van der Waals surface area contributed by atoms with E-state index < -0.39 is 5.97 Å². The van der Waals surface area contributed by atoms with Crippen molar-refractivity contribution < 1.29 is 14.6 Å². The lowest BCUT2D eigenvalue weighted by Gasteiger charge is -2.34. The van der Waals surface area contributed by atoms with Crippen molar-refractivity contribution in [3.8, 4) is 0 Å². The molecule has 0 radical (unpaired) electrons. The van der Waals surface area contributed by atoms with Crippen LogP contribution in [-0.4, -0.2) is 29.8 Å². The minimum absolute atomic E-state index is 0.337. The number of carboxylic acids is 1. The van der Waals surface area contributed by atoms with Crippen LogP contribution in [0.1, 0.15) is 55.5 Å². The van der Waals surface area contributed by atoms with Gasteiger partial charge in [-0.2, -0.15) is 0 Å². The highest BCUT2D eigenvalue weighted by Crippen LogP contribution is 2.25. The highest BCUT2D eigenvalue weighted by Gasteiger charge is 2.27. The van der Waals surface area contributed by atoms with E-state index in [4.69, 9.17) is 9.84 Å². The van der Waals surface area contributed by atoms with E-state index in [0.717, 1.165) is 31.6 Å². The van der Waals surface area contributed by atoms with Crippen molar-refractivity contribution in [1.82, 2.24) is 5.32 Å². The summed E-state index contributed by atoms with van der Waals surface area (Å²) in [6.07, 6.45) is 4.83. The monoisotopic (exact) mass is 305 g/mol. The molecule has 1 aliphatic rings. The Morgan fingerprint density at radius 1 is 1.32 bits per heavy atom. The average molecular weight is 305 g/mol. The number of nitrogens with one attached hydrogen (secondary N) is 1.